The normalized spacial score (nSPS) is 19.8. The van der Waals surface area contributed by atoms with Gasteiger partial charge in [0.2, 0.25) is 0 Å². The van der Waals surface area contributed by atoms with E-state index in [1.54, 1.807) is 45.0 Å². The maximum atomic E-state index is 14.1. The number of carbonyl (C=O) groups excluding carboxylic acids is 5. The van der Waals surface area contributed by atoms with Crippen LogP contribution < -0.4 is 21.9 Å². The molecule has 7 N–H and O–H groups in total. The number of aryl methyl sites for hydroxylation is 4. The van der Waals surface area contributed by atoms with Gasteiger partial charge in [0.15, 0.2) is 0 Å². The number of carbonyl (C=O) groups is 5. The van der Waals surface area contributed by atoms with Crippen molar-refractivity contribution in [2.75, 3.05) is 26.3 Å². The highest BCUT2D eigenvalue weighted by atomic mass is 35.5. The first-order valence-corrected chi connectivity index (χ1v) is 34.3. The van der Waals surface area contributed by atoms with Crippen molar-refractivity contribution >= 4 is 64.1 Å². The van der Waals surface area contributed by atoms with Gasteiger partial charge in [-0.25, -0.2) is 15.6 Å². The second kappa shape index (κ2) is 29.7. The lowest BCUT2D eigenvalue weighted by molar-refractivity contribution is -0.156. The number of benzene rings is 4. The molecule has 4 aliphatic heterocycles. The van der Waals surface area contributed by atoms with Crippen LogP contribution in [0.4, 0.5) is 4.79 Å². The van der Waals surface area contributed by atoms with E-state index in [1.807, 2.05) is 36.9 Å². The number of hydrazine groups is 2. The Morgan fingerprint density at radius 2 is 1.08 bits per heavy atom. The first-order chi connectivity index (χ1) is 46.2. The smallest absolute Gasteiger partial charge is 0.408 e. The van der Waals surface area contributed by atoms with Crippen LogP contribution in [0.1, 0.15) is 135 Å². The van der Waals surface area contributed by atoms with Gasteiger partial charge in [0.1, 0.15) is 35.2 Å². The molecule has 12 bridgehead atoms. The number of hydrogen-bond acceptors (Lipinski definition) is 15. The summed E-state index contributed by atoms with van der Waals surface area (Å²) >= 11 is 0. The molecule has 4 aliphatic rings. The summed E-state index contributed by atoms with van der Waals surface area (Å²) in [5.41, 5.74) is 27.1. The van der Waals surface area contributed by atoms with Crippen LogP contribution in [0.5, 0.6) is 11.5 Å². The van der Waals surface area contributed by atoms with Crippen molar-refractivity contribution in [1.82, 2.24) is 45.3 Å². The molecule has 0 saturated carbocycles. The quantitative estimate of drug-likeness (QED) is 0.0640. The number of fused-ring (bicyclic) bond motifs is 12. The van der Waals surface area contributed by atoms with Gasteiger partial charge in [-0.05, 0) is 209 Å². The van der Waals surface area contributed by atoms with Gasteiger partial charge in [-0.15, -0.1) is 12.4 Å². The molecule has 20 nitrogen and oxygen atoms in total. The van der Waals surface area contributed by atoms with Crippen LogP contribution in [0.2, 0.25) is 0 Å². The summed E-state index contributed by atoms with van der Waals surface area (Å²) in [4.78, 5) is 76.4. The third-order valence-corrected chi connectivity index (χ3v) is 18.9. The van der Waals surface area contributed by atoms with Crippen LogP contribution >= 0.6 is 12.4 Å². The highest BCUT2D eigenvalue weighted by molar-refractivity contribution is 5.97. The highest BCUT2D eigenvalue weighted by Gasteiger charge is 2.38. The van der Waals surface area contributed by atoms with E-state index in [0.717, 1.165) is 104 Å². The molecule has 520 valence electrons. The fourth-order valence-electron chi connectivity index (χ4n) is 14.3. The number of pyridine rings is 2. The summed E-state index contributed by atoms with van der Waals surface area (Å²) in [5, 5.41) is 29.6. The molecule has 98 heavy (non-hydrogen) atoms. The number of halogens is 1. The standard InChI is InChI=1S/C41H51N5O6.C36H43N5O4.ClH/c1-8-26-14-15-42-23-32(26)36-31-22-41(6,7)24-51-38(49)33-11-10-16-46(44-33)37(48)34(43-39(50)52-40(3,4)5)19-25-17-28(20-29(47)18-25)27-12-13-35(30(31)21-27)45(36)9-2;1-5-23-11-12-38-20-29(23)33-28-19-36(3,4)21-45-35(44)31-8-7-13-41(39-31)34(43)30(37)16-22-14-25(17-26(42)15-22)24-9-10-32(27(28)18-24)40(33)6-2;/h12-15,17-18,20-21,23,33-34,44,47H,8-11,16,19,22,24H2,1-7H3,(H,43,50);9-12,14-15,17-18,20,30-31,39,42H,5-8,13,16,19,21,37H2,1-4H3;1H/t33-,34-;30-,31-;/m00./s1. The predicted molar refractivity (Wildman–Crippen MR) is 383 cm³/mol. The fraction of sp³-hybridized carbons (Fsp3) is 0.442. The van der Waals surface area contributed by atoms with E-state index in [0.29, 0.717) is 57.2 Å². The summed E-state index contributed by atoms with van der Waals surface area (Å²) in [5.74, 6) is -1.35. The van der Waals surface area contributed by atoms with Crippen LogP contribution in [0, 0.1) is 10.8 Å². The Bertz CT molecular complexity index is 4300. The lowest BCUT2D eigenvalue weighted by Gasteiger charge is -2.35. The van der Waals surface area contributed by atoms with Crippen molar-refractivity contribution in [3.05, 3.63) is 143 Å². The third-order valence-electron chi connectivity index (χ3n) is 18.9. The number of phenolic OH excluding ortho intramolecular Hbond substituents is 2. The van der Waals surface area contributed by atoms with Gasteiger partial charge in [-0.1, -0.05) is 65.8 Å². The molecule has 12 rings (SSSR count). The maximum Gasteiger partial charge on any atom is 0.408 e. The molecular weight excluding hydrogens is 1260 g/mol. The molecule has 4 aromatic carbocycles. The molecule has 8 heterocycles. The van der Waals surface area contributed by atoms with E-state index in [-0.39, 0.29) is 61.8 Å². The monoisotopic (exact) mass is 1350 g/mol. The first-order valence-electron chi connectivity index (χ1n) is 34.3. The number of rotatable bonds is 7. The Balaban J connectivity index is 0.000000212. The SMILES string of the molecule is CCc1ccncc1-c1c2c3cc(ccc3n1CC)-c1cc(O)cc(c1)C[C@H](N)C(=O)N1CCC[C@H](N1)C(=O)OCC(C)(C)C2.CCc1ccncc1-c1c2c3cc(ccc3n1CC)-c1cc(O)cc(c1)C[C@H](NC(=O)OC(C)(C)C)C(=O)N1CCC[C@H](N1)C(=O)OCC(C)(C)C2.Cl. The second-order valence-corrected chi connectivity index (χ2v) is 28.9. The number of alkyl carbamates (subject to hydrolysis) is 1. The highest BCUT2D eigenvalue weighted by Crippen LogP contribution is 2.44. The van der Waals surface area contributed by atoms with Gasteiger partial charge in [0, 0.05) is 101 Å². The number of cyclic esters (lactones) is 2. The van der Waals surface area contributed by atoms with Gasteiger partial charge in [-0.3, -0.25) is 39.2 Å². The number of phenols is 2. The first kappa shape index (κ1) is 71.9. The summed E-state index contributed by atoms with van der Waals surface area (Å²) < 4.78 is 22.2. The second-order valence-electron chi connectivity index (χ2n) is 28.9. The zero-order valence-electron chi connectivity index (χ0n) is 58.3. The topological polar surface area (TPSA) is 258 Å². The molecule has 4 aromatic heterocycles. The van der Waals surface area contributed by atoms with E-state index >= 15 is 0 Å². The number of nitrogens with one attached hydrogen (secondary N) is 3. The van der Waals surface area contributed by atoms with Crippen LogP contribution in [0.15, 0.2) is 110 Å². The molecular formula is C77H95ClN10O10. The zero-order chi connectivity index (χ0) is 69.3. The predicted octanol–water partition coefficient (Wildman–Crippen LogP) is 12.3. The molecule has 0 spiro atoms. The Kier molecular flexibility index (Phi) is 21.8. The van der Waals surface area contributed by atoms with Crippen molar-refractivity contribution in [2.45, 2.75) is 183 Å². The number of nitrogens with zero attached hydrogens (tertiary/aromatic N) is 6. The molecule has 0 unspecified atom stereocenters. The number of amides is 3. The molecule has 2 fully saturated rings. The summed E-state index contributed by atoms with van der Waals surface area (Å²) in [6, 6.07) is 24.3. The Morgan fingerprint density at radius 3 is 1.52 bits per heavy atom. The Labute approximate surface area is 580 Å². The number of aromatic nitrogens is 4. The lowest BCUT2D eigenvalue weighted by Crippen LogP contribution is -2.60. The van der Waals surface area contributed by atoms with Crippen molar-refractivity contribution in [3.8, 4) is 56.3 Å². The third kappa shape index (κ3) is 15.8. The van der Waals surface area contributed by atoms with E-state index in [9.17, 15) is 34.2 Å². The summed E-state index contributed by atoms with van der Waals surface area (Å²) in [6.07, 6.45) is 12.5. The largest absolute Gasteiger partial charge is 0.508 e. The Morgan fingerprint density at radius 1 is 0.633 bits per heavy atom. The fourth-order valence-corrected chi connectivity index (χ4v) is 14.3. The van der Waals surface area contributed by atoms with E-state index < -0.39 is 58.6 Å². The van der Waals surface area contributed by atoms with Crippen LogP contribution in [-0.2, 0) is 85.0 Å². The van der Waals surface area contributed by atoms with E-state index in [2.05, 4.69) is 139 Å². The van der Waals surface area contributed by atoms with Crippen molar-refractivity contribution < 1.29 is 48.4 Å². The maximum absolute atomic E-state index is 14.1. The van der Waals surface area contributed by atoms with Crippen LogP contribution in [0.25, 0.3) is 66.6 Å². The number of hydrogen-bond donors (Lipinski definition) is 6. The lowest BCUT2D eigenvalue weighted by atomic mass is 9.84. The number of nitrogens with two attached hydrogens (primary N) is 1. The number of aromatic hydroxyl groups is 2. The molecule has 2 saturated heterocycles. The van der Waals surface area contributed by atoms with Gasteiger partial charge < -0.3 is 44.6 Å². The molecule has 4 atom stereocenters. The van der Waals surface area contributed by atoms with E-state index in [1.165, 1.54) is 26.7 Å². The van der Waals surface area contributed by atoms with Crippen molar-refractivity contribution in [1.29, 1.82) is 0 Å². The zero-order valence-corrected chi connectivity index (χ0v) is 59.2. The number of ether oxygens (including phenoxy) is 3. The average Bonchev–Trinajstić information content (AvgIpc) is 1.60. The van der Waals surface area contributed by atoms with Gasteiger partial charge in [0.05, 0.1) is 30.6 Å². The van der Waals surface area contributed by atoms with Crippen molar-refractivity contribution in [3.63, 3.8) is 0 Å². The summed E-state index contributed by atoms with van der Waals surface area (Å²) in [6.45, 7) is 25.0. The summed E-state index contributed by atoms with van der Waals surface area (Å²) in [7, 11) is 0. The van der Waals surface area contributed by atoms with Gasteiger partial charge in [-0.2, -0.15) is 0 Å². The molecule has 8 aromatic rings. The average molecular weight is 1360 g/mol. The minimum atomic E-state index is -1.05. The molecule has 0 radical (unpaired) electrons. The van der Waals surface area contributed by atoms with Crippen molar-refractivity contribution in [2.24, 2.45) is 16.6 Å². The number of esters is 2. The molecule has 3 amide bonds. The Hall–Kier alpha value is -8.82. The van der Waals surface area contributed by atoms with Gasteiger partial charge >= 0.3 is 18.0 Å². The van der Waals surface area contributed by atoms with Gasteiger partial charge in [0.25, 0.3) is 11.8 Å². The minimum absolute atomic E-state index is 0. The minimum Gasteiger partial charge on any atom is -0.508 e. The van der Waals surface area contributed by atoms with Crippen LogP contribution in [-0.4, -0.2) is 125 Å². The van der Waals surface area contributed by atoms with Crippen LogP contribution in [0.3, 0.4) is 0 Å². The molecule has 21 heteroatoms. The van der Waals surface area contributed by atoms with E-state index in [4.69, 9.17) is 19.9 Å². The molecule has 0 aliphatic carbocycles.